The minimum Gasteiger partial charge on any atom is -0.466 e. The maximum Gasteiger partial charge on any atom is 0.305 e. The third-order valence-electron chi connectivity index (χ3n) is 10.7. The first-order valence-electron chi connectivity index (χ1n) is 23.8. The highest BCUT2D eigenvalue weighted by atomic mass is 16.5. The number of carbonyl (C=O) groups is 2. The van der Waals surface area contributed by atoms with Crippen molar-refractivity contribution >= 4 is 11.9 Å². The van der Waals surface area contributed by atoms with Gasteiger partial charge in [0.15, 0.2) is 0 Å². The molecule has 6 heteroatoms. The highest BCUT2D eigenvalue weighted by molar-refractivity contribution is 5.76. The van der Waals surface area contributed by atoms with Gasteiger partial charge in [0.05, 0.1) is 25.4 Å². The Morgan fingerprint density at radius 3 is 1.40 bits per heavy atom. The van der Waals surface area contributed by atoms with Gasteiger partial charge in [-0.1, -0.05) is 179 Å². The molecule has 0 aliphatic heterocycles. The Morgan fingerprint density at radius 1 is 0.509 bits per heavy atom. The molecule has 0 aromatic heterocycles. The molecule has 2 unspecified atom stereocenters. The van der Waals surface area contributed by atoms with Crippen LogP contribution in [-0.2, 0) is 14.3 Å². The quantitative estimate of drug-likeness (QED) is 0.0248. The molecule has 1 amide bonds. The molecule has 0 fully saturated rings. The first-order chi connectivity index (χ1) is 27.0. The number of carbonyl (C=O) groups excluding carboxylic acids is 2. The van der Waals surface area contributed by atoms with E-state index in [2.05, 4.69) is 55.6 Å². The van der Waals surface area contributed by atoms with Gasteiger partial charge in [-0.3, -0.25) is 9.59 Å². The van der Waals surface area contributed by atoms with Gasteiger partial charge < -0.3 is 20.3 Å². The summed E-state index contributed by atoms with van der Waals surface area (Å²) >= 11 is 0. The number of aliphatic hydroxyl groups is 2. The van der Waals surface area contributed by atoms with Gasteiger partial charge in [-0.2, -0.15) is 0 Å². The molecule has 0 spiro atoms. The van der Waals surface area contributed by atoms with E-state index in [1.807, 2.05) is 0 Å². The van der Waals surface area contributed by atoms with E-state index in [1.165, 1.54) is 128 Å². The minimum atomic E-state index is -0.676. The minimum absolute atomic E-state index is 0.0313. The van der Waals surface area contributed by atoms with Crippen molar-refractivity contribution in [2.75, 3.05) is 13.2 Å². The number of hydrogen-bond acceptors (Lipinski definition) is 5. The van der Waals surface area contributed by atoms with E-state index in [4.69, 9.17) is 4.74 Å². The Kier molecular flexibility index (Phi) is 43.2. The lowest BCUT2D eigenvalue weighted by Crippen LogP contribution is -2.45. The van der Waals surface area contributed by atoms with Crippen molar-refractivity contribution in [2.45, 2.75) is 251 Å². The lowest BCUT2D eigenvalue weighted by Gasteiger charge is -2.22. The third-order valence-corrected chi connectivity index (χ3v) is 10.7. The molecule has 0 saturated carbocycles. The summed E-state index contributed by atoms with van der Waals surface area (Å²) in [6.45, 7) is 4.84. The summed E-state index contributed by atoms with van der Waals surface area (Å²) in [6, 6.07) is -0.556. The maximum absolute atomic E-state index is 12.4. The zero-order valence-corrected chi connectivity index (χ0v) is 36.4. The summed E-state index contributed by atoms with van der Waals surface area (Å²) in [5, 5.41) is 23.0. The van der Waals surface area contributed by atoms with Crippen LogP contribution >= 0.6 is 0 Å². The van der Waals surface area contributed by atoms with Crippen molar-refractivity contribution < 1.29 is 24.5 Å². The van der Waals surface area contributed by atoms with Gasteiger partial charge >= 0.3 is 5.97 Å². The molecule has 0 aliphatic carbocycles. The molecular weight excluding hydrogens is 683 g/mol. The molecule has 0 aromatic carbocycles. The monoisotopic (exact) mass is 774 g/mol. The summed E-state index contributed by atoms with van der Waals surface area (Å²) in [5.74, 6) is -0.0931. The molecule has 0 aliphatic rings. The second kappa shape index (κ2) is 44.8. The van der Waals surface area contributed by atoms with E-state index in [0.29, 0.717) is 25.9 Å². The number of aliphatic hydroxyl groups excluding tert-OH is 2. The average molecular weight is 774 g/mol. The smallest absolute Gasteiger partial charge is 0.305 e. The Hall–Kier alpha value is -1.92. The number of ether oxygens (including phenoxy) is 1. The van der Waals surface area contributed by atoms with Crippen molar-refractivity contribution in [1.29, 1.82) is 0 Å². The van der Waals surface area contributed by atoms with Gasteiger partial charge in [-0.05, 0) is 83.5 Å². The lowest BCUT2D eigenvalue weighted by molar-refractivity contribution is -0.143. The van der Waals surface area contributed by atoms with Crippen LogP contribution in [0.2, 0.25) is 0 Å². The zero-order chi connectivity index (χ0) is 40.1. The second-order valence-electron chi connectivity index (χ2n) is 16.1. The molecule has 0 rings (SSSR count). The van der Waals surface area contributed by atoms with Crippen molar-refractivity contribution in [1.82, 2.24) is 5.32 Å². The van der Waals surface area contributed by atoms with Crippen molar-refractivity contribution in [3.05, 3.63) is 36.5 Å². The molecule has 55 heavy (non-hydrogen) atoms. The number of nitrogens with one attached hydrogen (secondary N) is 1. The van der Waals surface area contributed by atoms with E-state index >= 15 is 0 Å². The van der Waals surface area contributed by atoms with Crippen LogP contribution < -0.4 is 5.32 Å². The van der Waals surface area contributed by atoms with Crippen LogP contribution in [0, 0.1) is 0 Å². The van der Waals surface area contributed by atoms with E-state index in [9.17, 15) is 19.8 Å². The predicted molar refractivity (Wildman–Crippen MR) is 236 cm³/mol. The van der Waals surface area contributed by atoms with E-state index in [-0.39, 0.29) is 18.5 Å². The number of esters is 1. The fraction of sp³-hybridized carbons (Fsp3) is 0.837. The lowest BCUT2D eigenvalue weighted by atomic mass is 10.0. The van der Waals surface area contributed by atoms with Gasteiger partial charge in [0, 0.05) is 12.8 Å². The zero-order valence-electron chi connectivity index (χ0n) is 36.4. The fourth-order valence-corrected chi connectivity index (χ4v) is 6.97. The van der Waals surface area contributed by atoms with Crippen LogP contribution in [0.5, 0.6) is 0 Å². The van der Waals surface area contributed by atoms with Crippen LogP contribution in [0.15, 0.2) is 36.5 Å². The predicted octanol–water partition coefficient (Wildman–Crippen LogP) is 13.7. The summed E-state index contributed by atoms with van der Waals surface area (Å²) in [4.78, 5) is 24.3. The molecule has 2 atom stereocenters. The van der Waals surface area contributed by atoms with Crippen molar-refractivity contribution in [3.63, 3.8) is 0 Å². The van der Waals surface area contributed by atoms with Crippen molar-refractivity contribution in [2.24, 2.45) is 0 Å². The summed E-state index contributed by atoms with van der Waals surface area (Å²) in [6.07, 6.45) is 52.5. The average Bonchev–Trinajstić information content (AvgIpc) is 3.18. The summed E-state index contributed by atoms with van der Waals surface area (Å²) in [5.41, 5.74) is 0. The molecule has 0 saturated heterocycles. The highest BCUT2D eigenvalue weighted by Gasteiger charge is 2.20. The first-order valence-corrected chi connectivity index (χ1v) is 23.8. The largest absolute Gasteiger partial charge is 0.466 e. The standard InChI is InChI=1S/C49H91NO5/c1-3-5-7-9-11-13-14-15-20-23-27-31-35-39-43-49(54)55-44-40-36-32-28-24-21-18-16-17-19-22-26-30-34-38-42-48(53)50-46(45-51)47(52)41-37-33-29-25-12-10-8-6-4-2/h14-16,18,21,24,46-47,51-52H,3-13,17,19-20,22-23,25-45H2,1-2H3,(H,50,53)/b15-14-,18-16-,24-21-. The number of unbranched alkanes of at least 4 members (excludes halogenated alkanes) is 27. The molecule has 0 heterocycles. The van der Waals surface area contributed by atoms with Crippen LogP contribution in [0.4, 0.5) is 0 Å². The Balaban J connectivity index is 3.52. The second-order valence-corrected chi connectivity index (χ2v) is 16.1. The van der Waals surface area contributed by atoms with Gasteiger partial charge in [-0.15, -0.1) is 0 Å². The molecule has 0 bridgehead atoms. The fourth-order valence-electron chi connectivity index (χ4n) is 6.97. The Labute approximate surface area is 341 Å². The Bertz CT molecular complexity index is 900. The van der Waals surface area contributed by atoms with E-state index in [0.717, 1.165) is 77.0 Å². The molecule has 3 N–H and O–H groups in total. The van der Waals surface area contributed by atoms with Gasteiger partial charge in [0.2, 0.25) is 5.91 Å². The topological polar surface area (TPSA) is 95.9 Å². The normalized spacial score (nSPS) is 13.0. The van der Waals surface area contributed by atoms with Crippen LogP contribution in [-0.4, -0.2) is 47.4 Å². The van der Waals surface area contributed by atoms with Crippen LogP contribution in [0.1, 0.15) is 239 Å². The van der Waals surface area contributed by atoms with Crippen LogP contribution in [0.3, 0.4) is 0 Å². The van der Waals surface area contributed by atoms with Gasteiger partial charge in [0.1, 0.15) is 0 Å². The van der Waals surface area contributed by atoms with Gasteiger partial charge in [0.25, 0.3) is 0 Å². The molecule has 6 nitrogen and oxygen atoms in total. The van der Waals surface area contributed by atoms with E-state index < -0.39 is 12.1 Å². The first kappa shape index (κ1) is 53.1. The molecule has 0 aromatic rings. The van der Waals surface area contributed by atoms with Gasteiger partial charge in [-0.25, -0.2) is 0 Å². The van der Waals surface area contributed by atoms with Crippen LogP contribution in [0.25, 0.3) is 0 Å². The number of hydrogen-bond donors (Lipinski definition) is 3. The van der Waals surface area contributed by atoms with E-state index in [1.54, 1.807) is 0 Å². The number of allylic oxidation sites excluding steroid dienone is 6. The van der Waals surface area contributed by atoms with Crippen molar-refractivity contribution in [3.8, 4) is 0 Å². The maximum atomic E-state index is 12.4. The Morgan fingerprint density at radius 2 is 0.909 bits per heavy atom. The highest BCUT2D eigenvalue weighted by Crippen LogP contribution is 2.14. The number of amides is 1. The number of rotatable bonds is 43. The molecule has 0 radical (unpaired) electrons. The molecular formula is C49H91NO5. The summed E-state index contributed by atoms with van der Waals surface area (Å²) in [7, 11) is 0. The SMILES string of the molecule is CCCCCCC/C=C\CCCCCCCC(=O)OCCCCC/C=C\C=C/CCCCCCCCC(=O)NC(CO)C(O)CCCCCCCCCCC. The molecule has 322 valence electrons. The third kappa shape index (κ3) is 41.5. The summed E-state index contributed by atoms with van der Waals surface area (Å²) < 4.78 is 5.42.